The number of fused-ring (bicyclic) bond motifs is 9. The van der Waals surface area contributed by atoms with Gasteiger partial charge < -0.3 is 31.9 Å². The van der Waals surface area contributed by atoms with Crippen LogP contribution in [0.1, 0.15) is 69.4 Å². The van der Waals surface area contributed by atoms with Crippen LogP contribution in [0.25, 0.3) is 180 Å². The van der Waals surface area contributed by atoms with E-state index in [1.807, 2.05) is 97.1 Å². The summed E-state index contributed by atoms with van der Waals surface area (Å²) in [7, 11) is 0. The third kappa shape index (κ3) is 15.2. The Bertz CT molecular complexity index is 7190. The van der Waals surface area contributed by atoms with Gasteiger partial charge in [0.15, 0.2) is 5.76 Å². The summed E-state index contributed by atoms with van der Waals surface area (Å²) in [6.45, 7) is 24.8. The van der Waals surface area contributed by atoms with Crippen LogP contribution in [0.5, 0.6) is 0 Å². The van der Waals surface area contributed by atoms with Crippen molar-refractivity contribution >= 4 is 101 Å². The van der Waals surface area contributed by atoms with Crippen LogP contribution in [0, 0.1) is 0 Å². The summed E-state index contributed by atoms with van der Waals surface area (Å²) in [5.41, 5.74) is 27.4. The molecule has 0 radical (unpaired) electrons. The van der Waals surface area contributed by atoms with E-state index in [1.165, 1.54) is 76.5 Å². The number of benzene rings is 15. The van der Waals surface area contributed by atoms with E-state index in [-0.39, 0.29) is 10.8 Å². The van der Waals surface area contributed by atoms with Gasteiger partial charge in [0.2, 0.25) is 29.5 Å². The summed E-state index contributed by atoms with van der Waals surface area (Å²) in [5, 5.41) is 24.4. The van der Waals surface area contributed by atoms with Crippen molar-refractivity contribution in [2.24, 2.45) is 0 Å². The molecule has 0 unspecified atom stereocenters. The molecule has 21 aromatic rings. The molecule has 6 heterocycles. The van der Waals surface area contributed by atoms with Gasteiger partial charge in [-0.15, -0.1) is 20.4 Å². The molecule has 594 valence electrons. The molecule has 0 aliphatic rings. The molecule has 12 nitrogen and oxygen atoms in total. The van der Waals surface area contributed by atoms with Crippen LogP contribution in [-0.2, 0) is 10.8 Å². The molecule has 0 fully saturated rings. The zero-order valence-corrected chi connectivity index (χ0v) is 69.2. The third-order valence-electron chi connectivity index (χ3n) is 22.9. The van der Waals surface area contributed by atoms with Crippen molar-refractivity contribution in [3.05, 3.63) is 412 Å². The lowest BCUT2D eigenvalue weighted by molar-refractivity contribution is 0.582. The first-order chi connectivity index (χ1) is 60.1. The first-order valence-electron chi connectivity index (χ1n) is 41.3. The summed E-state index contributed by atoms with van der Waals surface area (Å²) in [4.78, 5) is 6.85. The number of hydrogen-bond acceptors (Lipinski definition) is 9. The quantitative estimate of drug-likeness (QED) is 0.0931. The fraction of sp³-hybridized carbons (Fsp3) is 0.0721. The Labute approximate surface area is 714 Å². The van der Waals surface area contributed by atoms with Crippen molar-refractivity contribution in [1.82, 2.24) is 39.1 Å². The molecule has 0 saturated carbocycles. The molecule has 15 aromatic carbocycles. The summed E-state index contributed by atoms with van der Waals surface area (Å²) in [5.74, 6) is 3.23. The first kappa shape index (κ1) is 77.1. The average Bonchev–Trinajstić information content (AvgIpc) is 1.61. The normalized spacial score (nSPS) is 11.6. The fourth-order valence-electron chi connectivity index (χ4n) is 16.4. The minimum Gasteiger partial charge on any atom is -0.436 e. The highest BCUT2D eigenvalue weighted by Gasteiger charge is 2.23. The van der Waals surface area contributed by atoms with Gasteiger partial charge >= 0.3 is 0 Å². The Morgan fingerprint density at radius 1 is 0.260 bits per heavy atom. The molecule has 0 aliphatic heterocycles. The highest BCUT2D eigenvalue weighted by atomic mass is 16.4. The molecule has 21 rings (SSSR count). The van der Waals surface area contributed by atoms with Crippen molar-refractivity contribution in [3.8, 4) is 96.8 Å². The Kier molecular flexibility index (Phi) is 20.4. The van der Waals surface area contributed by atoms with E-state index >= 15 is 0 Å². The Morgan fingerprint density at radius 2 is 0.561 bits per heavy atom. The van der Waals surface area contributed by atoms with Crippen molar-refractivity contribution in [2.75, 3.05) is 4.90 Å². The average molecular weight is 1590 g/mol. The zero-order chi connectivity index (χ0) is 83.9. The van der Waals surface area contributed by atoms with Crippen LogP contribution < -0.4 is 4.90 Å². The molecule has 123 heavy (non-hydrogen) atoms. The molecule has 0 bridgehead atoms. The van der Waals surface area contributed by atoms with E-state index in [4.69, 9.17) is 13.3 Å². The highest BCUT2D eigenvalue weighted by Crippen LogP contribution is 2.43. The molecule has 0 atom stereocenters. The Morgan fingerprint density at radius 3 is 0.935 bits per heavy atom. The highest BCUT2D eigenvalue weighted by molar-refractivity contribution is 6.12. The lowest BCUT2D eigenvalue weighted by atomic mass is 9.87. The third-order valence-corrected chi connectivity index (χ3v) is 22.9. The predicted octanol–water partition coefficient (Wildman–Crippen LogP) is 29.8. The van der Waals surface area contributed by atoms with Crippen LogP contribution in [0.3, 0.4) is 0 Å². The second-order valence-electron chi connectivity index (χ2n) is 32.8. The van der Waals surface area contributed by atoms with E-state index < -0.39 is 0 Å². The van der Waals surface area contributed by atoms with E-state index in [1.54, 1.807) is 12.3 Å². The van der Waals surface area contributed by atoms with Gasteiger partial charge in [0.05, 0.1) is 39.3 Å². The van der Waals surface area contributed by atoms with Gasteiger partial charge in [-0.25, -0.2) is 4.98 Å². The van der Waals surface area contributed by atoms with Crippen LogP contribution in [0.15, 0.2) is 397 Å². The first-order valence-corrected chi connectivity index (χ1v) is 41.3. The minimum absolute atomic E-state index is 0.102. The molecular weight excluding hydrogens is 1510 g/mol. The number of nitrogens with zero attached hydrogens (tertiary/aromatic N) is 9. The second kappa shape index (κ2) is 32.5. The van der Waals surface area contributed by atoms with Gasteiger partial charge in [-0.3, -0.25) is 0 Å². The maximum Gasteiger partial charge on any atom is 0.248 e. The van der Waals surface area contributed by atoms with Crippen molar-refractivity contribution < 1.29 is 13.3 Å². The molecule has 12 heteroatoms. The number of oxazole rings is 1. The number of aromatic nitrogens is 8. The van der Waals surface area contributed by atoms with E-state index in [9.17, 15) is 0 Å². The van der Waals surface area contributed by atoms with Crippen LogP contribution in [0.2, 0.25) is 0 Å². The summed E-state index contributed by atoms with van der Waals surface area (Å²) in [6, 6.07) is 126. The zero-order valence-electron chi connectivity index (χ0n) is 69.2. The molecule has 0 N–H and O–H groups in total. The number of anilines is 3. The van der Waals surface area contributed by atoms with Gasteiger partial charge in [0, 0.05) is 99.8 Å². The fourth-order valence-corrected chi connectivity index (χ4v) is 16.4. The smallest absolute Gasteiger partial charge is 0.248 e. The lowest BCUT2D eigenvalue weighted by Gasteiger charge is -2.26. The van der Waals surface area contributed by atoms with Gasteiger partial charge in [-0.2, -0.15) is 0 Å². The summed E-state index contributed by atoms with van der Waals surface area (Å²) >= 11 is 0. The monoisotopic (exact) mass is 1590 g/mol. The number of hydrogen-bond donors (Lipinski definition) is 0. The van der Waals surface area contributed by atoms with Gasteiger partial charge in [-0.1, -0.05) is 261 Å². The topological polar surface area (TPSA) is 122 Å². The second-order valence-corrected chi connectivity index (χ2v) is 32.8. The van der Waals surface area contributed by atoms with Crippen LogP contribution in [-0.4, -0.2) is 39.1 Å². The van der Waals surface area contributed by atoms with Gasteiger partial charge in [0.25, 0.3) is 0 Å². The van der Waals surface area contributed by atoms with E-state index in [2.05, 4.69) is 378 Å². The SMILES string of the molecule is C=Cc1ccc(-c2ccc(-c3nnc(-c4ccc(C(C)(C)C)cc4)o3)cc2)cc1.C=Cc1ccc(-c2nnc(-c3cccc(-c4cnc(-c5ccc(C(C)(C)C)cc5)o4)c3)o2)cc1.C=Cc1ccc2c(c1)c1ccccc1n2-c1ccc(N(c2ccc(-n3c4ccccc4c4ccccc43)cc2)c2ccc(-n3c4ccccc4c4ccccc43)cc2)cc1. The molecule has 0 aliphatic carbocycles. The molecule has 0 amide bonds. The Hall–Kier alpha value is -15.8. The van der Waals surface area contributed by atoms with Crippen molar-refractivity contribution in [3.63, 3.8) is 0 Å². The van der Waals surface area contributed by atoms with Crippen LogP contribution >= 0.6 is 0 Å². The van der Waals surface area contributed by atoms with Gasteiger partial charge in [0.1, 0.15) is 0 Å². The maximum atomic E-state index is 6.08. The van der Waals surface area contributed by atoms with E-state index in [0.717, 1.165) is 95.3 Å². The molecule has 6 aromatic heterocycles. The largest absolute Gasteiger partial charge is 0.436 e. The minimum atomic E-state index is 0.102. The summed E-state index contributed by atoms with van der Waals surface area (Å²) in [6.07, 6.45) is 7.30. The number of rotatable bonds is 16. The van der Waals surface area contributed by atoms with Crippen molar-refractivity contribution in [2.45, 2.75) is 52.4 Å². The van der Waals surface area contributed by atoms with Crippen molar-refractivity contribution in [1.29, 1.82) is 0 Å². The maximum absolute atomic E-state index is 6.08. The number of para-hydroxylation sites is 5. The standard InChI is InChI=1S/C56H38N4.C29H25N3O2.C26H24N2O/c1-2-38-23-36-56-50(37-38)49-17-7-12-22-55(49)60(56)44-34-28-41(29-35-44)57(39-24-30-42(31-25-39)58-51-18-8-3-13-45(51)46-14-4-9-19-52(46)58)40-26-32-43(33-27-40)59-53-20-10-5-15-47(53)48-16-6-11-21-54(48)59;1-5-19-9-11-21(12-10-19)27-31-32-28(34-27)23-8-6-7-22(17-23)25-18-30-26(33-25)20-13-15-24(16-14-20)29(2,3)4;1-5-18-6-8-19(9-7-18)20-10-12-21(13-11-20)24-27-28-25(29-24)22-14-16-23(17-15-22)26(2,3)4/h2-37H,1H2;5-18H,1H2,2-4H3;5-17H,1H2,2-4H3. The van der Waals surface area contributed by atoms with E-state index in [0.29, 0.717) is 35.2 Å². The lowest BCUT2D eigenvalue weighted by Crippen LogP contribution is -2.10. The van der Waals surface area contributed by atoms with Crippen LogP contribution in [0.4, 0.5) is 17.1 Å². The molecule has 0 spiro atoms. The molecule has 0 saturated heterocycles. The predicted molar refractivity (Wildman–Crippen MR) is 509 cm³/mol. The van der Waals surface area contributed by atoms with Gasteiger partial charge in [-0.05, 0) is 226 Å². The Balaban J connectivity index is 0.000000134. The molecular formula is C111H87N9O3. The summed E-state index contributed by atoms with van der Waals surface area (Å²) < 4.78 is 25.1.